The molecule has 106 valence electrons. The molecule has 20 heavy (non-hydrogen) atoms. The zero-order chi connectivity index (χ0) is 13.8. The van der Waals surface area contributed by atoms with E-state index in [9.17, 15) is 4.79 Å². The van der Waals surface area contributed by atoms with Gasteiger partial charge in [-0.1, -0.05) is 0 Å². The second-order valence-corrected chi connectivity index (χ2v) is 6.83. The Morgan fingerprint density at radius 1 is 1.40 bits per heavy atom. The fraction of sp³-hybridized carbons (Fsp3) is 0.400. The fourth-order valence-corrected chi connectivity index (χ4v) is 4.00. The van der Waals surface area contributed by atoms with Crippen LogP contribution in [0.25, 0.3) is 10.4 Å². The van der Waals surface area contributed by atoms with E-state index in [0.29, 0.717) is 19.8 Å². The minimum absolute atomic E-state index is 0.0553. The zero-order valence-electron chi connectivity index (χ0n) is 11.1. The molecule has 0 aliphatic carbocycles. The first-order valence-corrected chi connectivity index (χ1v) is 8.55. The van der Waals surface area contributed by atoms with Gasteiger partial charge >= 0.3 is 0 Å². The van der Waals surface area contributed by atoms with E-state index in [4.69, 9.17) is 4.74 Å². The molecule has 1 atom stereocenters. The molecule has 3 heterocycles. The van der Waals surface area contributed by atoms with Crippen LogP contribution in [0.5, 0.6) is 0 Å². The first-order chi connectivity index (χ1) is 9.83. The van der Waals surface area contributed by atoms with E-state index < -0.39 is 0 Å². The van der Waals surface area contributed by atoms with E-state index in [2.05, 4.69) is 34.3 Å². The molecule has 0 radical (unpaired) electrons. The molecule has 2 aromatic heterocycles. The molecule has 1 saturated heterocycles. The highest BCUT2D eigenvalue weighted by molar-refractivity contribution is 7.16. The SMILES string of the molecule is O=C(NCCc1ccc(-c2ccsc2)s1)[C@@H]1CCOC1. The molecule has 0 aromatic carbocycles. The third-order valence-electron chi connectivity index (χ3n) is 3.44. The number of hydrogen-bond donors (Lipinski definition) is 1. The monoisotopic (exact) mass is 307 g/mol. The lowest BCUT2D eigenvalue weighted by Crippen LogP contribution is -2.32. The van der Waals surface area contributed by atoms with Crippen molar-refractivity contribution < 1.29 is 9.53 Å². The van der Waals surface area contributed by atoms with E-state index >= 15 is 0 Å². The van der Waals surface area contributed by atoms with Crippen LogP contribution in [0.2, 0.25) is 0 Å². The van der Waals surface area contributed by atoms with Crippen molar-refractivity contribution in [2.75, 3.05) is 19.8 Å². The topological polar surface area (TPSA) is 38.3 Å². The predicted molar refractivity (Wildman–Crippen MR) is 83.3 cm³/mol. The lowest BCUT2D eigenvalue weighted by molar-refractivity contribution is -0.124. The Labute approximate surface area is 126 Å². The van der Waals surface area contributed by atoms with Crippen LogP contribution in [-0.2, 0) is 16.0 Å². The molecule has 1 fully saturated rings. The van der Waals surface area contributed by atoms with Crippen LogP contribution in [0.15, 0.2) is 29.0 Å². The van der Waals surface area contributed by atoms with Gasteiger partial charge in [-0.2, -0.15) is 11.3 Å². The summed E-state index contributed by atoms with van der Waals surface area (Å²) >= 11 is 3.52. The summed E-state index contributed by atoms with van der Waals surface area (Å²) in [4.78, 5) is 14.5. The molecule has 1 amide bonds. The van der Waals surface area contributed by atoms with Gasteiger partial charge in [0.05, 0.1) is 12.5 Å². The Morgan fingerprint density at radius 3 is 3.10 bits per heavy atom. The van der Waals surface area contributed by atoms with E-state index in [1.807, 2.05) is 0 Å². The second kappa shape index (κ2) is 6.52. The highest BCUT2D eigenvalue weighted by atomic mass is 32.1. The molecule has 3 nitrogen and oxygen atoms in total. The van der Waals surface area contributed by atoms with Gasteiger partial charge in [-0.15, -0.1) is 11.3 Å². The molecule has 3 rings (SSSR count). The molecule has 2 aromatic rings. The van der Waals surface area contributed by atoms with Crippen molar-refractivity contribution in [3.05, 3.63) is 33.8 Å². The molecular formula is C15H17NO2S2. The normalized spacial score (nSPS) is 18.3. The Hall–Kier alpha value is -1.17. The van der Waals surface area contributed by atoms with Crippen LogP contribution in [0.1, 0.15) is 11.3 Å². The van der Waals surface area contributed by atoms with E-state index in [1.165, 1.54) is 15.3 Å². The van der Waals surface area contributed by atoms with Gasteiger partial charge in [0.2, 0.25) is 5.91 Å². The minimum Gasteiger partial charge on any atom is -0.381 e. The fourth-order valence-electron chi connectivity index (χ4n) is 2.27. The van der Waals surface area contributed by atoms with Gasteiger partial charge < -0.3 is 10.1 Å². The van der Waals surface area contributed by atoms with E-state index in [1.54, 1.807) is 22.7 Å². The molecule has 0 bridgehead atoms. The largest absolute Gasteiger partial charge is 0.381 e. The number of carbonyl (C=O) groups excluding carboxylic acids is 1. The standard InChI is InChI=1S/C15H17NO2S2/c17-15(11-4-7-18-9-11)16-6-3-13-1-2-14(20-13)12-5-8-19-10-12/h1-2,5,8,10-11H,3-4,6-7,9H2,(H,16,17)/t11-/m1/s1. The van der Waals surface area contributed by atoms with Gasteiger partial charge in [0.15, 0.2) is 0 Å². The van der Waals surface area contributed by atoms with Crippen molar-refractivity contribution in [1.82, 2.24) is 5.32 Å². The van der Waals surface area contributed by atoms with Crippen LogP contribution >= 0.6 is 22.7 Å². The van der Waals surface area contributed by atoms with Crippen LogP contribution in [0.4, 0.5) is 0 Å². The predicted octanol–water partition coefficient (Wildman–Crippen LogP) is 3.17. The highest BCUT2D eigenvalue weighted by Gasteiger charge is 2.22. The van der Waals surface area contributed by atoms with Gasteiger partial charge in [-0.05, 0) is 41.8 Å². The number of rotatable bonds is 5. The maximum atomic E-state index is 11.8. The molecule has 0 spiro atoms. The van der Waals surface area contributed by atoms with Crippen molar-refractivity contribution >= 4 is 28.6 Å². The molecule has 1 N–H and O–H groups in total. The average molecular weight is 307 g/mol. The smallest absolute Gasteiger partial charge is 0.225 e. The maximum Gasteiger partial charge on any atom is 0.225 e. The summed E-state index contributed by atoms with van der Waals surface area (Å²) < 4.78 is 5.23. The van der Waals surface area contributed by atoms with Crippen molar-refractivity contribution in [3.63, 3.8) is 0 Å². The quantitative estimate of drug-likeness (QED) is 0.921. The Kier molecular flexibility index (Phi) is 4.50. The van der Waals surface area contributed by atoms with Crippen molar-refractivity contribution in [1.29, 1.82) is 0 Å². The maximum absolute atomic E-state index is 11.8. The highest BCUT2D eigenvalue weighted by Crippen LogP contribution is 2.29. The van der Waals surface area contributed by atoms with Gasteiger partial charge in [-0.3, -0.25) is 4.79 Å². The number of nitrogens with one attached hydrogen (secondary N) is 1. The van der Waals surface area contributed by atoms with Crippen LogP contribution < -0.4 is 5.32 Å². The molecule has 1 aliphatic rings. The van der Waals surface area contributed by atoms with Gasteiger partial charge in [0.25, 0.3) is 0 Å². The summed E-state index contributed by atoms with van der Waals surface area (Å²) in [6, 6.07) is 6.46. The first kappa shape index (κ1) is 13.8. The Balaban J connectivity index is 1.48. The average Bonchev–Trinajstić information content (AvgIpc) is 3.20. The van der Waals surface area contributed by atoms with Crippen molar-refractivity contribution in [2.45, 2.75) is 12.8 Å². The second-order valence-electron chi connectivity index (χ2n) is 4.88. The van der Waals surface area contributed by atoms with E-state index in [-0.39, 0.29) is 11.8 Å². The minimum atomic E-state index is 0.0553. The van der Waals surface area contributed by atoms with Gasteiger partial charge in [-0.25, -0.2) is 0 Å². The number of ether oxygens (including phenoxy) is 1. The van der Waals surface area contributed by atoms with Crippen molar-refractivity contribution in [2.24, 2.45) is 5.92 Å². The number of carbonyl (C=O) groups is 1. The number of thiophene rings is 2. The molecule has 5 heteroatoms. The van der Waals surface area contributed by atoms with Crippen molar-refractivity contribution in [3.8, 4) is 10.4 Å². The zero-order valence-corrected chi connectivity index (χ0v) is 12.8. The molecule has 0 unspecified atom stereocenters. The summed E-state index contributed by atoms with van der Waals surface area (Å²) in [7, 11) is 0. The summed E-state index contributed by atoms with van der Waals surface area (Å²) in [6.07, 6.45) is 1.75. The van der Waals surface area contributed by atoms with Gasteiger partial charge in [0, 0.05) is 28.5 Å². The Bertz CT molecular complexity index is 556. The van der Waals surface area contributed by atoms with Crippen LogP contribution in [-0.4, -0.2) is 25.7 Å². The number of hydrogen-bond acceptors (Lipinski definition) is 4. The molecule has 1 aliphatic heterocycles. The molecular weight excluding hydrogens is 290 g/mol. The third kappa shape index (κ3) is 3.29. The summed E-state index contributed by atoms with van der Waals surface area (Å²) in [5, 5.41) is 7.27. The molecule has 0 saturated carbocycles. The lowest BCUT2D eigenvalue weighted by Gasteiger charge is -2.08. The first-order valence-electron chi connectivity index (χ1n) is 6.79. The summed E-state index contributed by atoms with van der Waals surface area (Å²) in [6.45, 7) is 2.00. The lowest BCUT2D eigenvalue weighted by atomic mass is 10.1. The number of amides is 1. The van der Waals surface area contributed by atoms with Crippen LogP contribution in [0.3, 0.4) is 0 Å². The Morgan fingerprint density at radius 2 is 2.35 bits per heavy atom. The van der Waals surface area contributed by atoms with Gasteiger partial charge in [0.1, 0.15) is 0 Å². The summed E-state index contributed by atoms with van der Waals surface area (Å²) in [5.74, 6) is 0.191. The van der Waals surface area contributed by atoms with E-state index in [0.717, 1.165) is 12.8 Å². The third-order valence-corrected chi connectivity index (χ3v) is 5.32. The van der Waals surface area contributed by atoms with Crippen LogP contribution in [0, 0.1) is 5.92 Å². The summed E-state index contributed by atoms with van der Waals surface area (Å²) in [5.41, 5.74) is 1.29.